The molecule has 2 aromatic heterocycles. The van der Waals surface area contributed by atoms with E-state index in [0.29, 0.717) is 71.6 Å². The number of benzene rings is 11. The van der Waals surface area contributed by atoms with Crippen LogP contribution in [-0.4, -0.2) is 9.13 Å². The largest absolute Gasteiger partial charge is 0.417 e. The van der Waals surface area contributed by atoms with Crippen molar-refractivity contribution in [1.29, 1.82) is 73.7 Å². The first-order chi connectivity index (χ1) is 48.5. The molecule has 0 atom stereocenters. The second-order valence-corrected chi connectivity index (χ2v) is 22.7. The predicted molar refractivity (Wildman–Crippen MR) is 359 cm³/mol. The molecule has 0 bridgehead atoms. The van der Waals surface area contributed by atoms with Gasteiger partial charge in [0.1, 0.15) is 0 Å². The maximum atomic E-state index is 15.5. The van der Waals surface area contributed by atoms with Crippen LogP contribution < -0.4 is 0 Å². The summed E-state index contributed by atoms with van der Waals surface area (Å²) in [5, 5.41) is 147. The molecule has 0 radical (unpaired) electrons. The molecule has 0 N–H and O–H groups in total. The fourth-order valence-electron chi connectivity index (χ4n) is 13.2. The summed E-state index contributed by atoms with van der Waals surface area (Å²) in [5.41, 5.74) is 3.44. The van der Waals surface area contributed by atoms with E-state index in [1.807, 2.05) is 33.4 Å². The van der Waals surface area contributed by atoms with Crippen molar-refractivity contribution in [3.05, 3.63) is 259 Å². The molecule has 13 rings (SSSR count). The molecule has 0 aliphatic carbocycles. The molecule has 11 aromatic carbocycles. The van der Waals surface area contributed by atoms with Crippen LogP contribution >= 0.6 is 0 Å². The van der Waals surface area contributed by atoms with Gasteiger partial charge in [-0.15, -0.1) is 0 Å². The molecule has 0 aliphatic rings. The molecule has 100 heavy (non-hydrogen) atoms. The lowest BCUT2D eigenvalue weighted by molar-refractivity contribution is -0.137. The molecule has 0 amide bonds. The van der Waals surface area contributed by atoms with Crippen molar-refractivity contribution in [3.63, 3.8) is 0 Å². The molecule has 0 saturated carbocycles. The predicted octanol–water partition coefficient (Wildman–Crippen LogP) is 17.1. The Balaban J connectivity index is 1.18. The van der Waals surface area contributed by atoms with E-state index in [-0.39, 0.29) is 128 Å². The van der Waals surface area contributed by atoms with E-state index in [9.17, 15) is 73.7 Å². The molecule has 0 saturated heterocycles. The van der Waals surface area contributed by atoms with Crippen LogP contribution in [0.5, 0.6) is 0 Å². The SMILES string of the molecule is N#Cc1cc(C#N)c(-c2ccc3c(c2)c2cc(-c4c(C#N)cc(C#N)cc4C#N)ccc2n3-c2ccc(C#N)cc2-c2cc(-c3ccc(C#N)cc3C(F)(F)F)ccc2-n2c3ccc(-c4c(C#N)cc(C#N)cc4C#N)cc3c3cc(-c4c(C#N)cc(C#N)cc4C#N)ccc32)c(C#N)c1. The van der Waals surface area contributed by atoms with Crippen molar-refractivity contribution in [2.45, 2.75) is 6.18 Å². The molecule has 16 nitrogen and oxygen atoms in total. The Morgan fingerprint density at radius 1 is 0.230 bits per heavy atom. The van der Waals surface area contributed by atoms with Crippen molar-refractivity contribution in [2.24, 2.45) is 0 Å². The Labute approximate surface area is 565 Å². The third-order valence-corrected chi connectivity index (χ3v) is 17.4. The Morgan fingerprint density at radius 2 is 0.490 bits per heavy atom. The zero-order valence-corrected chi connectivity index (χ0v) is 51.0. The average molecular weight is 1280 g/mol. The second kappa shape index (κ2) is 24.6. The summed E-state index contributed by atoms with van der Waals surface area (Å²) in [5.74, 6) is 0. The van der Waals surface area contributed by atoms with Crippen LogP contribution in [0.15, 0.2) is 176 Å². The third kappa shape index (κ3) is 10.2. The van der Waals surface area contributed by atoms with Crippen LogP contribution in [0.4, 0.5) is 13.2 Å². The van der Waals surface area contributed by atoms with E-state index in [1.54, 1.807) is 103 Å². The summed E-state index contributed by atoms with van der Waals surface area (Å²) >= 11 is 0. The quantitative estimate of drug-likeness (QED) is 0.136. The number of halogens is 3. The Morgan fingerprint density at radius 3 is 0.770 bits per heavy atom. The van der Waals surface area contributed by atoms with Crippen LogP contribution in [0.3, 0.4) is 0 Å². The maximum absolute atomic E-state index is 15.5. The van der Waals surface area contributed by atoms with Gasteiger partial charge >= 0.3 is 6.18 Å². The number of aromatic nitrogens is 2. The number of fused-ring (bicyclic) bond motifs is 6. The van der Waals surface area contributed by atoms with Gasteiger partial charge in [0.25, 0.3) is 0 Å². The molecular weight excluding hydrogens is 1250 g/mol. The van der Waals surface area contributed by atoms with E-state index in [4.69, 9.17) is 0 Å². The van der Waals surface area contributed by atoms with Gasteiger partial charge in [0.05, 0.1) is 202 Å². The maximum Gasteiger partial charge on any atom is 0.417 e. The lowest BCUT2D eigenvalue weighted by Gasteiger charge is -2.21. The Kier molecular flexibility index (Phi) is 15.4. The fourth-order valence-corrected chi connectivity index (χ4v) is 13.2. The van der Waals surface area contributed by atoms with Crippen LogP contribution in [0.2, 0.25) is 0 Å². The topological polar surface area (TPSA) is 343 Å². The number of nitriles is 14. The monoisotopic (exact) mass is 1280 g/mol. The Bertz CT molecular complexity index is 6150. The smallest absolute Gasteiger partial charge is 0.309 e. The number of alkyl halides is 3. The van der Waals surface area contributed by atoms with Gasteiger partial charge in [0.2, 0.25) is 0 Å². The normalized spacial score (nSPS) is 10.6. The van der Waals surface area contributed by atoms with E-state index >= 15 is 13.2 Å². The molecule has 0 aliphatic heterocycles. The summed E-state index contributed by atoms with van der Waals surface area (Å²) in [6.07, 6.45) is -5.01. The van der Waals surface area contributed by atoms with Crippen LogP contribution in [0.25, 0.3) is 122 Å². The minimum Gasteiger partial charge on any atom is -0.309 e. The van der Waals surface area contributed by atoms with Gasteiger partial charge in [-0.3, -0.25) is 0 Å². The number of hydrogen-bond donors (Lipinski definition) is 0. The van der Waals surface area contributed by atoms with Gasteiger partial charge < -0.3 is 9.13 Å². The van der Waals surface area contributed by atoms with Crippen molar-refractivity contribution >= 4 is 43.6 Å². The number of rotatable bonds is 8. The van der Waals surface area contributed by atoms with Gasteiger partial charge in [-0.1, -0.05) is 36.4 Å². The summed E-state index contributed by atoms with van der Waals surface area (Å²) < 4.78 is 50.2. The molecule has 0 fully saturated rings. The molecule has 0 spiro atoms. The fraction of sp³-hybridized carbons (Fsp3) is 0.0123. The summed E-state index contributed by atoms with van der Waals surface area (Å²) in [4.78, 5) is 0. The zero-order chi connectivity index (χ0) is 70.4. The van der Waals surface area contributed by atoms with Crippen LogP contribution in [0.1, 0.15) is 83.5 Å². The molecule has 2 heterocycles. The van der Waals surface area contributed by atoms with Gasteiger partial charge in [-0.25, -0.2) is 0 Å². The lowest BCUT2D eigenvalue weighted by atomic mass is 9.91. The van der Waals surface area contributed by atoms with E-state index in [0.717, 1.165) is 6.07 Å². The first-order valence-electron chi connectivity index (χ1n) is 29.6. The zero-order valence-electron chi connectivity index (χ0n) is 51.0. The van der Waals surface area contributed by atoms with Gasteiger partial charge in [-0.2, -0.15) is 86.8 Å². The minimum atomic E-state index is -5.01. The molecular formula is C81H29F3N16. The highest BCUT2D eigenvalue weighted by Gasteiger charge is 2.35. The lowest BCUT2D eigenvalue weighted by Crippen LogP contribution is -2.08. The number of nitrogens with zero attached hydrogens (tertiary/aromatic N) is 16. The summed E-state index contributed by atoms with van der Waals surface area (Å²) in [7, 11) is 0. The van der Waals surface area contributed by atoms with Crippen molar-refractivity contribution < 1.29 is 13.2 Å². The molecule has 19 heteroatoms. The highest BCUT2D eigenvalue weighted by molar-refractivity contribution is 6.15. The van der Waals surface area contributed by atoms with Crippen molar-refractivity contribution in [1.82, 2.24) is 9.13 Å². The van der Waals surface area contributed by atoms with E-state index in [2.05, 4.69) is 54.6 Å². The Hall–Kier alpha value is -16.3. The highest BCUT2D eigenvalue weighted by atomic mass is 19.4. The molecule has 13 aromatic rings. The first-order valence-corrected chi connectivity index (χ1v) is 29.6. The third-order valence-electron chi connectivity index (χ3n) is 17.4. The second-order valence-electron chi connectivity index (χ2n) is 22.7. The van der Waals surface area contributed by atoms with Crippen molar-refractivity contribution in [2.75, 3.05) is 0 Å². The van der Waals surface area contributed by atoms with E-state index in [1.165, 1.54) is 72.8 Å². The standard InChI is InChI=1S/C81H29F3N16/c82-81(83,84)70-24-45(31-86)1-8-63(70)50-3-10-72(100-75-13-6-53(79-59(40-95)19-48(34-89)20-60(79)41-96)28-68(75)69-29-54(7-14-76(69)100)80-61(42-97)21-49(35-90)22-62(80)43-98)65(25-50)64-23-44(30-85)2-9-71(64)99-73-11-4-51(77-55(36-91)15-46(32-87)16-56(77)37-92)26-66(73)67-27-52(5-12-74(67)99)78-57(38-93)17-47(33-88)18-58(78)39-94/h1-29H. The highest BCUT2D eigenvalue weighted by Crippen LogP contribution is 2.48. The minimum absolute atomic E-state index is 0.00139. The average Bonchev–Trinajstić information content (AvgIpc) is 1.52. The summed E-state index contributed by atoms with van der Waals surface area (Å²) in [6, 6.07) is 72.6. The van der Waals surface area contributed by atoms with Crippen LogP contribution in [0, 0.1) is 159 Å². The van der Waals surface area contributed by atoms with Crippen molar-refractivity contribution in [3.8, 4) is 163 Å². The first kappa shape index (κ1) is 62.5. The van der Waals surface area contributed by atoms with Gasteiger partial charge in [0.15, 0.2) is 0 Å². The van der Waals surface area contributed by atoms with Gasteiger partial charge in [-0.05, 0) is 173 Å². The number of hydrogen-bond acceptors (Lipinski definition) is 14. The van der Waals surface area contributed by atoms with Gasteiger partial charge in [0, 0.05) is 54.9 Å². The van der Waals surface area contributed by atoms with E-state index < -0.39 is 11.7 Å². The molecule has 0 unspecified atom stereocenters. The summed E-state index contributed by atoms with van der Waals surface area (Å²) in [6.45, 7) is 0. The van der Waals surface area contributed by atoms with Crippen LogP contribution in [-0.2, 0) is 6.18 Å². The molecule has 454 valence electrons.